The molecule has 2 fully saturated rings. The summed E-state index contributed by atoms with van der Waals surface area (Å²) in [5.41, 5.74) is 0. The van der Waals surface area contributed by atoms with E-state index in [0.29, 0.717) is 19.8 Å². The van der Waals surface area contributed by atoms with Crippen molar-refractivity contribution in [3.05, 3.63) is 0 Å². The first kappa shape index (κ1) is 14.3. The Bertz CT molecular complexity index is 344. The molecule has 0 aromatic rings. The number of hydrogen-bond donors (Lipinski definition) is 0. The number of carbonyl (C=O) groups excluding carboxylic acids is 2. The maximum absolute atomic E-state index is 12.7. The van der Waals surface area contributed by atoms with Crippen molar-refractivity contribution in [2.75, 3.05) is 26.9 Å². The van der Waals surface area contributed by atoms with Gasteiger partial charge in [-0.1, -0.05) is 6.92 Å². The standard InChI is InChI=1S/C14H23NO4/c1-10-9-19-8-6-11(10)13(16)15-7-4-3-5-12(15)14(17)18-2/h10-12H,3-9H2,1-2H3/t10?,11?,12-/m1/s1. The molecule has 0 N–H and O–H groups in total. The molecule has 0 saturated carbocycles. The van der Waals surface area contributed by atoms with Gasteiger partial charge in [0.25, 0.3) is 0 Å². The maximum atomic E-state index is 12.7. The van der Waals surface area contributed by atoms with Crippen LogP contribution in [0.5, 0.6) is 0 Å². The van der Waals surface area contributed by atoms with Crippen LogP contribution >= 0.6 is 0 Å². The number of ether oxygens (including phenoxy) is 2. The number of hydrogen-bond acceptors (Lipinski definition) is 4. The number of likely N-dealkylation sites (tertiary alicyclic amines) is 1. The van der Waals surface area contributed by atoms with E-state index in [1.54, 1.807) is 4.90 Å². The molecule has 19 heavy (non-hydrogen) atoms. The minimum Gasteiger partial charge on any atom is -0.467 e. The highest BCUT2D eigenvalue weighted by atomic mass is 16.5. The predicted octanol–water partition coefficient (Wildman–Crippen LogP) is 1.21. The SMILES string of the molecule is COC(=O)[C@H]1CCCCN1C(=O)C1CCOCC1C. The summed E-state index contributed by atoms with van der Waals surface area (Å²) in [7, 11) is 1.39. The van der Waals surface area contributed by atoms with Gasteiger partial charge in [-0.25, -0.2) is 4.79 Å². The molecule has 5 nitrogen and oxygen atoms in total. The lowest BCUT2D eigenvalue weighted by Gasteiger charge is -2.38. The summed E-state index contributed by atoms with van der Waals surface area (Å²) in [4.78, 5) is 26.2. The van der Waals surface area contributed by atoms with Crippen LogP contribution < -0.4 is 0 Å². The average Bonchev–Trinajstić information content (AvgIpc) is 2.46. The first-order valence-corrected chi connectivity index (χ1v) is 7.11. The molecule has 0 bridgehead atoms. The summed E-state index contributed by atoms with van der Waals surface area (Å²) in [6, 6.07) is -0.388. The van der Waals surface area contributed by atoms with Crippen molar-refractivity contribution < 1.29 is 19.1 Å². The van der Waals surface area contributed by atoms with Gasteiger partial charge in [-0.3, -0.25) is 4.79 Å². The van der Waals surface area contributed by atoms with Crippen LogP contribution in [-0.2, 0) is 19.1 Å². The van der Waals surface area contributed by atoms with Crippen molar-refractivity contribution in [3.63, 3.8) is 0 Å². The quantitative estimate of drug-likeness (QED) is 0.707. The van der Waals surface area contributed by atoms with Gasteiger partial charge in [-0.15, -0.1) is 0 Å². The van der Waals surface area contributed by atoms with Crippen LogP contribution in [-0.4, -0.2) is 49.7 Å². The lowest BCUT2D eigenvalue weighted by molar-refractivity contribution is -0.158. The number of esters is 1. The van der Waals surface area contributed by atoms with Gasteiger partial charge >= 0.3 is 5.97 Å². The smallest absolute Gasteiger partial charge is 0.328 e. The molecular formula is C14H23NO4. The molecule has 0 spiro atoms. The molecule has 1 amide bonds. The second kappa shape index (κ2) is 6.37. The first-order valence-electron chi connectivity index (χ1n) is 7.11. The van der Waals surface area contributed by atoms with Gasteiger partial charge in [0, 0.05) is 25.7 Å². The largest absolute Gasteiger partial charge is 0.467 e. The van der Waals surface area contributed by atoms with Gasteiger partial charge < -0.3 is 14.4 Å². The Morgan fingerprint density at radius 2 is 2.05 bits per heavy atom. The molecule has 5 heteroatoms. The van der Waals surface area contributed by atoms with Crippen molar-refractivity contribution in [1.82, 2.24) is 4.90 Å². The van der Waals surface area contributed by atoms with E-state index in [2.05, 4.69) is 0 Å². The van der Waals surface area contributed by atoms with Gasteiger partial charge in [0.05, 0.1) is 7.11 Å². The highest BCUT2D eigenvalue weighted by Crippen LogP contribution is 2.27. The van der Waals surface area contributed by atoms with E-state index in [0.717, 1.165) is 25.7 Å². The molecule has 108 valence electrons. The minimum atomic E-state index is -0.388. The Balaban J connectivity index is 2.08. The van der Waals surface area contributed by atoms with E-state index >= 15 is 0 Å². The first-order chi connectivity index (χ1) is 9.15. The van der Waals surface area contributed by atoms with Crippen molar-refractivity contribution >= 4 is 11.9 Å². The summed E-state index contributed by atoms with van der Waals surface area (Å²) < 4.78 is 10.2. The molecule has 0 radical (unpaired) electrons. The van der Waals surface area contributed by atoms with Crippen LogP contribution in [0, 0.1) is 11.8 Å². The molecule has 2 aliphatic rings. The topological polar surface area (TPSA) is 55.8 Å². The van der Waals surface area contributed by atoms with Gasteiger partial charge in [0.15, 0.2) is 0 Å². The van der Waals surface area contributed by atoms with Crippen LogP contribution in [0.4, 0.5) is 0 Å². The van der Waals surface area contributed by atoms with Gasteiger partial charge in [-0.05, 0) is 31.6 Å². The third-order valence-electron chi connectivity index (χ3n) is 4.22. The van der Waals surface area contributed by atoms with Crippen molar-refractivity contribution in [3.8, 4) is 0 Å². The Morgan fingerprint density at radius 1 is 1.26 bits per heavy atom. The Hall–Kier alpha value is -1.10. The molecule has 2 heterocycles. The number of piperidine rings is 1. The van der Waals surface area contributed by atoms with Crippen LogP contribution in [0.25, 0.3) is 0 Å². The second-order valence-corrected chi connectivity index (χ2v) is 5.51. The third-order valence-corrected chi connectivity index (χ3v) is 4.22. The number of amides is 1. The summed E-state index contributed by atoms with van der Waals surface area (Å²) in [6.07, 6.45) is 3.42. The third kappa shape index (κ3) is 3.08. The summed E-state index contributed by atoms with van der Waals surface area (Å²) in [6.45, 7) is 3.98. The van der Waals surface area contributed by atoms with Gasteiger partial charge in [0.2, 0.25) is 5.91 Å². The number of carbonyl (C=O) groups is 2. The number of rotatable bonds is 2. The lowest BCUT2D eigenvalue weighted by atomic mass is 9.87. The van der Waals surface area contributed by atoms with E-state index in [1.807, 2.05) is 6.92 Å². The van der Waals surface area contributed by atoms with Gasteiger partial charge in [-0.2, -0.15) is 0 Å². The highest BCUT2D eigenvalue weighted by molar-refractivity contribution is 5.86. The molecule has 2 saturated heterocycles. The molecule has 3 atom stereocenters. The van der Waals surface area contributed by atoms with Crippen LogP contribution in [0.3, 0.4) is 0 Å². The van der Waals surface area contributed by atoms with Crippen LogP contribution in [0.2, 0.25) is 0 Å². The molecule has 0 aromatic carbocycles. The molecular weight excluding hydrogens is 246 g/mol. The fourth-order valence-corrected chi connectivity index (χ4v) is 3.04. The molecule has 2 aliphatic heterocycles. The van der Waals surface area contributed by atoms with Crippen molar-refractivity contribution in [2.45, 2.75) is 38.6 Å². The zero-order chi connectivity index (χ0) is 13.8. The summed E-state index contributed by atoms with van der Waals surface area (Å²) in [5, 5.41) is 0. The monoisotopic (exact) mass is 269 g/mol. The Labute approximate surface area is 114 Å². The zero-order valence-electron chi connectivity index (χ0n) is 11.8. The highest BCUT2D eigenvalue weighted by Gasteiger charge is 2.38. The zero-order valence-corrected chi connectivity index (χ0v) is 11.8. The van der Waals surface area contributed by atoms with Crippen molar-refractivity contribution in [1.29, 1.82) is 0 Å². The Morgan fingerprint density at radius 3 is 2.74 bits per heavy atom. The fraction of sp³-hybridized carbons (Fsp3) is 0.857. The molecule has 2 rings (SSSR count). The Kier molecular flexibility index (Phi) is 4.80. The summed E-state index contributed by atoms with van der Waals surface area (Å²) in [5.74, 6) is 0.0270. The van der Waals surface area contributed by atoms with E-state index in [4.69, 9.17) is 9.47 Å². The van der Waals surface area contributed by atoms with E-state index < -0.39 is 0 Å². The second-order valence-electron chi connectivity index (χ2n) is 5.51. The lowest BCUT2D eigenvalue weighted by Crippen LogP contribution is -2.52. The normalized spacial score (nSPS) is 31.9. The van der Waals surface area contributed by atoms with Crippen LogP contribution in [0.15, 0.2) is 0 Å². The average molecular weight is 269 g/mol. The molecule has 0 aromatic heterocycles. The fourth-order valence-electron chi connectivity index (χ4n) is 3.04. The van der Waals surface area contributed by atoms with Crippen molar-refractivity contribution in [2.24, 2.45) is 11.8 Å². The van der Waals surface area contributed by atoms with Gasteiger partial charge in [0.1, 0.15) is 6.04 Å². The maximum Gasteiger partial charge on any atom is 0.328 e. The predicted molar refractivity (Wildman–Crippen MR) is 69.5 cm³/mol. The van der Waals surface area contributed by atoms with E-state index in [9.17, 15) is 9.59 Å². The van der Waals surface area contributed by atoms with E-state index in [-0.39, 0.29) is 29.8 Å². The summed E-state index contributed by atoms with van der Waals surface area (Å²) >= 11 is 0. The number of methoxy groups -OCH3 is 1. The minimum absolute atomic E-state index is 0.0148. The van der Waals surface area contributed by atoms with Crippen LogP contribution in [0.1, 0.15) is 32.6 Å². The molecule has 2 unspecified atom stereocenters. The molecule has 0 aliphatic carbocycles. The van der Waals surface area contributed by atoms with E-state index in [1.165, 1.54) is 7.11 Å². The number of nitrogens with zero attached hydrogens (tertiary/aromatic N) is 1.